The zero-order valence-electron chi connectivity index (χ0n) is 12.5. The predicted molar refractivity (Wildman–Crippen MR) is 82.5 cm³/mol. The van der Waals surface area contributed by atoms with Crippen molar-refractivity contribution in [2.75, 3.05) is 12.3 Å². The standard InChI is InChI=1S/C16H24FNO2S/c1-2-10-18-16-8-3-5-13(16)9-11-21(19,20)15-7-4-6-14(17)12-15/h4,6-7,12-13,16,18H,2-3,5,8-11H2,1H3. The molecule has 0 aliphatic heterocycles. The second-order valence-corrected chi connectivity index (χ2v) is 7.93. The highest BCUT2D eigenvalue weighted by molar-refractivity contribution is 7.91. The van der Waals surface area contributed by atoms with E-state index in [2.05, 4.69) is 12.2 Å². The first-order valence-corrected chi connectivity index (χ1v) is 9.40. The lowest BCUT2D eigenvalue weighted by atomic mass is 10.0. The molecule has 1 aromatic carbocycles. The molecule has 5 heteroatoms. The predicted octanol–water partition coefficient (Wildman–Crippen LogP) is 3.16. The number of rotatable bonds is 7. The number of hydrogen-bond acceptors (Lipinski definition) is 3. The molecule has 1 aliphatic carbocycles. The van der Waals surface area contributed by atoms with E-state index in [0.29, 0.717) is 18.4 Å². The third-order valence-corrected chi connectivity index (χ3v) is 5.97. The van der Waals surface area contributed by atoms with Gasteiger partial charge in [0.2, 0.25) is 0 Å². The Balaban J connectivity index is 1.95. The molecular weight excluding hydrogens is 289 g/mol. The van der Waals surface area contributed by atoms with Gasteiger partial charge in [0.1, 0.15) is 5.82 Å². The summed E-state index contributed by atoms with van der Waals surface area (Å²) in [5.41, 5.74) is 0. The highest BCUT2D eigenvalue weighted by atomic mass is 32.2. The third-order valence-electron chi connectivity index (χ3n) is 4.23. The van der Waals surface area contributed by atoms with Gasteiger partial charge in [-0.3, -0.25) is 0 Å². The van der Waals surface area contributed by atoms with Crippen LogP contribution >= 0.6 is 0 Å². The van der Waals surface area contributed by atoms with Gasteiger partial charge in [0, 0.05) is 6.04 Å². The van der Waals surface area contributed by atoms with Crippen LogP contribution in [0.3, 0.4) is 0 Å². The highest BCUT2D eigenvalue weighted by Crippen LogP contribution is 2.29. The Labute approximate surface area is 126 Å². The minimum absolute atomic E-state index is 0.0959. The van der Waals surface area contributed by atoms with Gasteiger partial charge in [-0.2, -0.15) is 0 Å². The lowest BCUT2D eigenvalue weighted by molar-refractivity contribution is 0.391. The second kappa shape index (κ2) is 7.36. The van der Waals surface area contributed by atoms with Crippen LogP contribution in [0.15, 0.2) is 29.2 Å². The summed E-state index contributed by atoms with van der Waals surface area (Å²) < 4.78 is 37.7. The van der Waals surface area contributed by atoms with Gasteiger partial charge in [0.15, 0.2) is 9.84 Å². The van der Waals surface area contributed by atoms with Crippen molar-refractivity contribution in [1.29, 1.82) is 0 Å². The summed E-state index contributed by atoms with van der Waals surface area (Å²) in [5.74, 6) is 0.0186. The van der Waals surface area contributed by atoms with Crippen LogP contribution in [0.1, 0.15) is 39.0 Å². The van der Waals surface area contributed by atoms with Crippen molar-refractivity contribution in [2.24, 2.45) is 5.92 Å². The van der Waals surface area contributed by atoms with E-state index in [0.717, 1.165) is 38.3 Å². The quantitative estimate of drug-likeness (QED) is 0.841. The van der Waals surface area contributed by atoms with Crippen molar-refractivity contribution in [3.05, 3.63) is 30.1 Å². The number of benzene rings is 1. The van der Waals surface area contributed by atoms with Crippen molar-refractivity contribution in [1.82, 2.24) is 5.32 Å². The van der Waals surface area contributed by atoms with E-state index in [9.17, 15) is 12.8 Å². The third kappa shape index (κ3) is 4.51. The molecule has 2 unspecified atom stereocenters. The second-order valence-electron chi connectivity index (χ2n) is 5.82. The molecule has 0 spiro atoms. The zero-order valence-corrected chi connectivity index (χ0v) is 13.3. The maximum absolute atomic E-state index is 13.2. The molecule has 2 atom stereocenters. The summed E-state index contributed by atoms with van der Waals surface area (Å²) in [5, 5.41) is 3.51. The van der Waals surface area contributed by atoms with Crippen LogP contribution < -0.4 is 5.32 Å². The molecule has 0 heterocycles. The average molecular weight is 313 g/mol. The molecule has 0 aromatic heterocycles. The van der Waals surface area contributed by atoms with Crippen LogP contribution in [-0.4, -0.2) is 26.8 Å². The Hall–Kier alpha value is -0.940. The largest absolute Gasteiger partial charge is 0.314 e. The maximum Gasteiger partial charge on any atom is 0.178 e. The minimum Gasteiger partial charge on any atom is -0.314 e. The van der Waals surface area contributed by atoms with Crippen molar-refractivity contribution in [3.63, 3.8) is 0 Å². The molecule has 0 saturated heterocycles. The van der Waals surface area contributed by atoms with Crippen LogP contribution in [0.2, 0.25) is 0 Å². The molecule has 0 bridgehead atoms. The molecule has 1 aliphatic rings. The van der Waals surface area contributed by atoms with E-state index in [-0.39, 0.29) is 10.6 Å². The van der Waals surface area contributed by atoms with Gasteiger partial charge in [-0.25, -0.2) is 12.8 Å². The lowest BCUT2D eigenvalue weighted by Gasteiger charge is -2.20. The smallest absolute Gasteiger partial charge is 0.178 e. The van der Waals surface area contributed by atoms with Gasteiger partial charge in [-0.15, -0.1) is 0 Å². The van der Waals surface area contributed by atoms with Crippen LogP contribution in [0.5, 0.6) is 0 Å². The first-order chi connectivity index (χ1) is 10.0. The van der Waals surface area contributed by atoms with Gasteiger partial charge in [0.25, 0.3) is 0 Å². The van der Waals surface area contributed by atoms with E-state index >= 15 is 0 Å². The zero-order chi connectivity index (χ0) is 15.3. The molecule has 1 aromatic rings. The van der Waals surface area contributed by atoms with Crippen LogP contribution in [0.4, 0.5) is 4.39 Å². The lowest BCUT2D eigenvalue weighted by Crippen LogP contribution is -2.33. The topological polar surface area (TPSA) is 46.2 Å². The molecule has 118 valence electrons. The summed E-state index contributed by atoms with van der Waals surface area (Å²) in [7, 11) is -3.38. The van der Waals surface area contributed by atoms with Gasteiger partial charge < -0.3 is 5.32 Å². The molecule has 1 N–H and O–H groups in total. The molecule has 0 amide bonds. The highest BCUT2D eigenvalue weighted by Gasteiger charge is 2.28. The van der Waals surface area contributed by atoms with Crippen molar-refractivity contribution >= 4 is 9.84 Å². The summed E-state index contributed by atoms with van der Waals surface area (Å²) in [4.78, 5) is 0.0959. The summed E-state index contributed by atoms with van der Waals surface area (Å²) in [6.07, 6.45) is 5.11. The number of halogens is 1. The normalized spacial score (nSPS) is 22.6. The number of sulfone groups is 1. The molecule has 3 nitrogen and oxygen atoms in total. The van der Waals surface area contributed by atoms with Gasteiger partial charge in [0.05, 0.1) is 10.6 Å². The Morgan fingerprint density at radius 2 is 2.14 bits per heavy atom. The van der Waals surface area contributed by atoms with Crippen molar-refractivity contribution in [3.8, 4) is 0 Å². The van der Waals surface area contributed by atoms with Gasteiger partial charge >= 0.3 is 0 Å². The van der Waals surface area contributed by atoms with Crippen LogP contribution in [0, 0.1) is 11.7 Å². The molecule has 0 radical (unpaired) electrons. The van der Waals surface area contributed by atoms with E-state index < -0.39 is 15.7 Å². The van der Waals surface area contributed by atoms with Crippen molar-refractivity contribution in [2.45, 2.75) is 50.0 Å². The summed E-state index contributed by atoms with van der Waals surface area (Å²) in [6.45, 7) is 3.11. The fraction of sp³-hybridized carbons (Fsp3) is 0.625. The average Bonchev–Trinajstić information content (AvgIpc) is 2.90. The van der Waals surface area contributed by atoms with Crippen LogP contribution in [-0.2, 0) is 9.84 Å². The van der Waals surface area contributed by atoms with E-state index in [1.165, 1.54) is 18.2 Å². The summed E-state index contributed by atoms with van der Waals surface area (Å²) >= 11 is 0. The Bertz CT molecular complexity index is 559. The monoisotopic (exact) mass is 313 g/mol. The van der Waals surface area contributed by atoms with Gasteiger partial charge in [-0.05, 0) is 56.3 Å². The first kappa shape index (κ1) is 16.4. The fourth-order valence-corrected chi connectivity index (χ4v) is 4.49. The number of hydrogen-bond donors (Lipinski definition) is 1. The number of nitrogens with one attached hydrogen (secondary N) is 1. The Morgan fingerprint density at radius 3 is 2.86 bits per heavy atom. The van der Waals surface area contributed by atoms with E-state index in [1.807, 2.05) is 0 Å². The maximum atomic E-state index is 13.2. The minimum atomic E-state index is -3.38. The molecule has 1 saturated carbocycles. The summed E-state index contributed by atoms with van der Waals surface area (Å²) in [6, 6.07) is 5.73. The van der Waals surface area contributed by atoms with Gasteiger partial charge in [-0.1, -0.05) is 19.4 Å². The molecule has 21 heavy (non-hydrogen) atoms. The van der Waals surface area contributed by atoms with E-state index in [1.54, 1.807) is 0 Å². The Kier molecular flexibility index (Phi) is 5.76. The fourth-order valence-electron chi connectivity index (χ4n) is 3.07. The molecule has 1 fully saturated rings. The SMILES string of the molecule is CCCNC1CCCC1CCS(=O)(=O)c1cccc(F)c1. The molecular formula is C16H24FNO2S. The van der Waals surface area contributed by atoms with Crippen LogP contribution in [0.25, 0.3) is 0 Å². The van der Waals surface area contributed by atoms with E-state index in [4.69, 9.17) is 0 Å². The Morgan fingerprint density at radius 1 is 1.33 bits per heavy atom. The molecule has 2 rings (SSSR count). The van der Waals surface area contributed by atoms with Crippen molar-refractivity contribution < 1.29 is 12.8 Å². The first-order valence-electron chi connectivity index (χ1n) is 7.74.